The molecule has 1 atom stereocenters. The van der Waals surface area contributed by atoms with Gasteiger partial charge in [-0.25, -0.2) is 44.6 Å². The van der Waals surface area contributed by atoms with Gasteiger partial charge in [-0.1, -0.05) is 42.5 Å². The van der Waals surface area contributed by atoms with Crippen LogP contribution < -0.4 is 4.72 Å². The Balaban J connectivity index is 1.74. The first kappa shape index (κ1) is 28.3. The fraction of sp³-hybridized carbons (Fsp3) is 0.231. The predicted octanol–water partition coefficient (Wildman–Crippen LogP) is 2.99. The second kappa shape index (κ2) is 11.6. The lowest BCUT2D eigenvalue weighted by atomic mass is 9.91. The van der Waals surface area contributed by atoms with Crippen molar-refractivity contribution >= 4 is 31.7 Å². The average Bonchev–Trinajstić information content (AvgIpc) is 3.34. The van der Waals surface area contributed by atoms with E-state index in [4.69, 9.17) is 0 Å². The molecule has 1 aliphatic rings. The Morgan fingerprint density at radius 3 is 2.13 bits per heavy atom. The quantitative estimate of drug-likeness (QED) is 0.328. The lowest BCUT2D eigenvalue weighted by Crippen LogP contribution is -2.41. The number of aliphatic imine (C=N–C) groups is 1. The van der Waals surface area contributed by atoms with Crippen molar-refractivity contribution in [1.82, 2.24) is 14.0 Å². The SMILES string of the molecule is CN(C)S(=O)(=O)CCN=C(NS(=O)(=O)c1ccc(F)cc1)N1C[C@@H](c2ccccc2)C(c2ccc(F)cc2)=N1. The summed E-state index contributed by atoms with van der Waals surface area (Å²) in [5, 5.41) is 5.99. The molecule has 3 aromatic rings. The third kappa shape index (κ3) is 6.85. The van der Waals surface area contributed by atoms with Gasteiger partial charge in [0.05, 0.1) is 29.4 Å². The Hall–Kier alpha value is -3.68. The maximum absolute atomic E-state index is 13.6. The fourth-order valence-corrected chi connectivity index (χ4v) is 5.58. The van der Waals surface area contributed by atoms with Crippen LogP contribution in [-0.2, 0) is 20.0 Å². The van der Waals surface area contributed by atoms with Crippen LogP contribution >= 0.6 is 0 Å². The van der Waals surface area contributed by atoms with Gasteiger partial charge < -0.3 is 0 Å². The number of rotatable bonds is 8. The number of halogens is 2. The highest BCUT2D eigenvalue weighted by Gasteiger charge is 2.33. The summed E-state index contributed by atoms with van der Waals surface area (Å²) in [4.78, 5) is 4.07. The zero-order valence-electron chi connectivity index (χ0n) is 21.2. The normalized spacial score (nSPS) is 16.4. The molecule has 0 amide bonds. The molecule has 1 N–H and O–H groups in total. The molecule has 0 unspecified atom stereocenters. The van der Waals surface area contributed by atoms with E-state index in [0.29, 0.717) is 11.3 Å². The van der Waals surface area contributed by atoms with E-state index < -0.39 is 31.7 Å². The minimum absolute atomic E-state index is 0.169. The monoisotopic (exact) mass is 575 g/mol. The summed E-state index contributed by atoms with van der Waals surface area (Å²) in [5.41, 5.74) is 2.07. The first-order valence-electron chi connectivity index (χ1n) is 11.9. The van der Waals surface area contributed by atoms with Crippen LogP contribution in [0.5, 0.6) is 0 Å². The van der Waals surface area contributed by atoms with Gasteiger partial charge in [-0.2, -0.15) is 5.10 Å². The van der Waals surface area contributed by atoms with E-state index >= 15 is 0 Å². The number of sulfonamides is 2. The largest absolute Gasteiger partial charge is 0.264 e. The topological polar surface area (TPSA) is 112 Å². The highest BCUT2D eigenvalue weighted by atomic mass is 32.2. The minimum Gasteiger partial charge on any atom is -0.250 e. The summed E-state index contributed by atoms with van der Waals surface area (Å²) in [6.07, 6.45) is 0. The van der Waals surface area contributed by atoms with Crippen LogP contribution in [0, 0.1) is 11.6 Å². The zero-order chi connectivity index (χ0) is 28.2. The Morgan fingerprint density at radius 2 is 1.54 bits per heavy atom. The summed E-state index contributed by atoms with van der Waals surface area (Å²) >= 11 is 0. The van der Waals surface area contributed by atoms with Crippen LogP contribution in [0.15, 0.2) is 93.9 Å². The molecular weight excluding hydrogens is 548 g/mol. The van der Waals surface area contributed by atoms with Gasteiger partial charge >= 0.3 is 0 Å². The number of benzene rings is 3. The van der Waals surface area contributed by atoms with Gasteiger partial charge in [0.1, 0.15) is 11.6 Å². The number of hydrazone groups is 1. The second-order valence-electron chi connectivity index (χ2n) is 8.90. The van der Waals surface area contributed by atoms with Gasteiger partial charge in [0, 0.05) is 20.0 Å². The van der Waals surface area contributed by atoms with Crippen LogP contribution in [0.3, 0.4) is 0 Å². The molecule has 0 saturated heterocycles. The number of nitrogens with one attached hydrogen (secondary N) is 1. The van der Waals surface area contributed by atoms with E-state index in [9.17, 15) is 25.6 Å². The number of nitrogens with zero attached hydrogens (tertiary/aromatic N) is 4. The molecule has 0 bridgehead atoms. The second-order valence-corrected chi connectivity index (χ2v) is 12.9. The van der Waals surface area contributed by atoms with E-state index in [1.54, 1.807) is 12.1 Å². The Morgan fingerprint density at radius 1 is 0.949 bits per heavy atom. The predicted molar refractivity (Wildman–Crippen MR) is 145 cm³/mol. The molecule has 0 saturated carbocycles. The van der Waals surface area contributed by atoms with E-state index in [-0.39, 0.29) is 35.6 Å². The molecule has 0 fully saturated rings. The summed E-state index contributed by atoms with van der Waals surface area (Å²) in [6, 6.07) is 19.4. The smallest absolute Gasteiger partial charge is 0.250 e. The molecule has 13 heteroatoms. The fourth-order valence-electron chi connectivity index (χ4n) is 3.87. The van der Waals surface area contributed by atoms with Crippen molar-refractivity contribution in [2.45, 2.75) is 10.8 Å². The molecule has 1 aliphatic heterocycles. The molecule has 1 heterocycles. The van der Waals surface area contributed by atoms with Crippen molar-refractivity contribution in [3.8, 4) is 0 Å². The summed E-state index contributed by atoms with van der Waals surface area (Å²) in [7, 11) is -5.07. The van der Waals surface area contributed by atoms with Crippen molar-refractivity contribution < 1.29 is 25.6 Å². The first-order chi connectivity index (χ1) is 18.5. The number of hydrogen-bond acceptors (Lipinski definition) is 6. The van der Waals surface area contributed by atoms with Gasteiger partial charge in [-0.05, 0) is 47.5 Å². The van der Waals surface area contributed by atoms with Crippen molar-refractivity contribution in [3.63, 3.8) is 0 Å². The van der Waals surface area contributed by atoms with Crippen LogP contribution in [-0.4, -0.2) is 70.8 Å². The molecule has 0 aromatic heterocycles. The first-order valence-corrected chi connectivity index (χ1v) is 15.0. The molecule has 0 radical (unpaired) electrons. The molecular formula is C26H27F2N5O4S2. The summed E-state index contributed by atoms with van der Waals surface area (Å²) in [6.45, 7) is -0.0857. The van der Waals surface area contributed by atoms with Crippen molar-refractivity contribution in [2.75, 3.05) is 32.9 Å². The molecule has 39 heavy (non-hydrogen) atoms. The van der Waals surface area contributed by atoms with Gasteiger partial charge in [0.2, 0.25) is 16.0 Å². The third-order valence-corrected chi connectivity index (χ3v) is 9.17. The zero-order valence-corrected chi connectivity index (χ0v) is 22.8. The average molecular weight is 576 g/mol. The lowest BCUT2D eigenvalue weighted by Gasteiger charge is -2.20. The maximum Gasteiger partial charge on any atom is 0.264 e. The van der Waals surface area contributed by atoms with Crippen molar-refractivity contribution in [3.05, 3.63) is 102 Å². The standard InChI is InChI=1S/C26H27F2N5O4S2/c1-32(2)38(34,35)17-16-29-26(31-39(36,37)23-14-12-22(28)13-15-23)33-18-24(19-6-4-3-5-7-19)25(30-33)20-8-10-21(27)11-9-20/h3-15,24H,16-18H2,1-2H3,(H,29,31)/t24-/m0/s1. The highest BCUT2D eigenvalue weighted by molar-refractivity contribution is 7.90. The molecule has 0 spiro atoms. The van der Waals surface area contributed by atoms with E-state index in [2.05, 4.69) is 14.8 Å². The van der Waals surface area contributed by atoms with Crippen LogP contribution in [0.2, 0.25) is 0 Å². The van der Waals surface area contributed by atoms with E-state index in [1.807, 2.05) is 30.3 Å². The summed E-state index contributed by atoms with van der Waals surface area (Å²) in [5.74, 6) is -1.92. The van der Waals surface area contributed by atoms with Crippen molar-refractivity contribution in [2.24, 2.45) is 10.1 Å². The van der Waals surface area contributed by atoms with Gasteiger partial charge in [-0.3, -0.25) is 0 Å². The van der Waals surface area contributed by atoms with Crippen LogP contribution in [0.25, 0.3) is 0 Å². The molecule has 0 aliphatic carbocycles. The van der Waals surface area contributed by atoms with Crippen LogP contribution in [0.1, 0.15) is 17.0 Å². The highest BCUT2D eigenvalue weighted by Crippen LogP contribution is 2.29. The molecule has 4 rings (SSSR count). The maximum atomic E-state index is 13.6. The number of guanidine groups is 1. The van der Waals surface area contributed by atoms with Crippen LogP contribution in [0.4, 0.5) is 8.78 Å². The molecule has 3 aromatic carbocycles. The third-order valence-electron chi connectivity index (χ3n) is 6.02. The Labute approximate surface area is 226 Å². The number of hydrogen-bond donors (Lipinski definition) is 1. The minimum atomic E-state index is -4.23. The van der Waals surface area contributed by atoms with Crippen molar-refractivity contribution in [1.29, 1.82) is 0 Å². The summed E-state index contributed by atoms with van der Waals surface area (Å²) < 4.78 is 81.4. The Kier molecular flexibility index (Phi) is 8.42. The van der Waals surface area contributed by atoms with Gasteiger partial charge in [0.15, 0.2) is 0 Å². The lowest BCUT2D eigenvalue weighted by molar-refractivity contribution is 0.461. The van der Waals surface area contributed by atoms with Gasteiger partial charge in [0.25, 0.3) is 10.0 Å². The Bertz CT molecular complexity index is 1580. The molecule has 9 nitrogen and oxygen atoms in total. The van der Waals surface area contributed by atoms with Gasteiger partial charge in [-0.15, -0.1) is 0 Å². The molecule has 206 valence electrons. The van der Waals surface area contributed by atoms with E-state index in [0.717, 1.165) is 34.1 Å². The van der Waals surface area contributed by atoms with E-state index in [1.165, 1.54) is 31.2 Å².